The SMILES string of the molecule is COc1ccc(NC(N)=NCCNC(=O)CC2CCCC2)cc1OC. The van der Waals surface area contributed by atoms with Gasteiger partial charge in [-0.15, -0.1) is 0 Å². The lowest BCUT2D eigenvalue weighted by Crippen LogP contribution is -2.29. The van der Waals surface area contributed by atoms with Gasteiger partial charge in [-0.3, -0.25) is 9.79 Å². The van der Waals surface area contributed by atoms with Crippen LogP contribution in [0.5, 0.6) is 11.5 Å². The van der Waals surface area contributed by atoms with Crippen LogP contribution in [0.4, 0.5) is 5.69 Å². The van der Waals surface area contributed by atoms with E-state index in [0.717, 1.165) is 5.69 Å². The fraction of sp³-hybridized carbons (Fsp3) is 0.556. The first-order chi connectivity index (χ1) is 12.1. The zero-order valence-corrected chi connectivity index (χ0v) is 15.0. The largest absolute Gasteiger partial charge is 0.493 e. The molecule has 0 heterocycles. The minimum Gasteiger partial charge on any atom is -0.493 e. The fourth-order valence-corrected chi connectivity index (χ4v) is 3.02. The predicted octanol–water partition coefficient (Wildman–Crippen LogP) is 2.13. The highest BCUT2D eigenvalue weighted by Gasteiger charge is 2.17. The van der Waals surface area contributed by atoms with Gasteiger partial charge in [0.15, 0.2) is 17.5 Å². The van der Waals surface area contributed by atoms with Crippen LogP contribution in [-0.2, 0) is 4.79 Å². The van der Waals surface area contributed by atoms with Crippen molar-refractivity contribution >= 4 is 17.6 Å². The molecule has 0 atom stereocenters. The molecule has 1 amide bonds. The van der Waals surface area contributed by atoms with Gasteiger partial charge < -0.3 is 25.8 Å². The van der Waals surface area contributed by atoms with Crippen molar-refractivity contribution in [2.45, 2.75) is 32.1 Å². The third kappa shape index (κ3) is 6.17. The van der Waals surface area contributed by atoms with E-state index in [2.05, 4.69) is 15.6 Å². The van der Waals surface area contributed by atoms with E-state index in [1.807, 2.05) is 6.07 Å². The highest BCUT2D eigenvalue weighted by atomic mass is 16.5. The van der Waals surface area contributed by atoms with E-state index in [-0.39, 0.29) is 11.9 Å². The number of hydrogen-bond acceptors (Lipinski definition) is 4. The van der Waals surface area contributed by atoms with Crippen LogP contribution in [0.3, 0.4) is 0 Å². The standard InChI is InChI=1S/C18H28N4O3/c1-24-15-8-7-14(12-16(15)25-2)22-18(19)21-10-9-20-17(23)11-13-5-3-4-6-13/h7-8,12-13H,3-6,9-11H2,1-2H3,(H,20,23)(H3,19,21,22). The lowest BCUT2D eigenvalue weighted by Gasteiger charge is -2.11. The van der Waals surface area contributed by atoms with Gasteiger partial charge in [-0.1, -0.05) is 12.8 Å². The summed E-state index contributed by atoms with van der Waals surface area (Å²) in [6, 6.07) is 5.40. The number of aliphatic imine (C=N–C) groups is 1. The molecule has 138 valence electrons. The van der Waals surface area contributed by atoms with Gasteiger partial charge in [0.1, 0.15) is 0 Å². The first-order valence-electron chi connectivity index (χ1n) is 8.68. The number of ether oxygens (including phenoxy) is 2. The van der Waals surface area contributed by atoms with Gasteiger partial charge in [0.2, 0.25) is 5.91 Å². The molecule has 2 rings (SSSR count). The molecule has 0 spiro atoms. The molecule has 1 aliphatic rings. The van der Waals surface area contributed by atoms with Crippen LogP contribution >= 0.6 is 0 Å². The van der Waals surface area contributed by atoms with E-state index in [4.69, 9.17) is 15.2 Å². The molecule has 1 aromatic carbocycles. The Morgan fingerprint density at radius 3 is 2.64 bits per heavy atom. The van der Waals surface area contributed by atoms with Gasteiger partial charge in [-0.05, 0) is 30.9 Å². The molecule has 0 saturated heterocycles. The molecule has 1 saturated carbocycles. The van der Waals surface area contributed by atoms with E-state index in [0.29, 0.717) is 36.9 Å². The summed E-state index contributed by atoms with van der Waals surface area (Å²) in [5, 5.41) is 5.89. The number of nitrogens with one attached hydrogen (secondary N) is 2. The van der Waals surface area contributed by atoms with Crippen molar-refractivity contribution in [3.8, 4) is 11.5 Å². The van der Waals surface area contributed by atoms with Gasteiger partial charge in [-0.25, -0.2) is 0 Å². The maximum atomic E-state index is 11.8. The summed E-state index contributed by atoms with van der Waals surface area (Å²) in [4.78, 5) is 16.1. The van der Waals surface area contributed by atoms with Crippen LogP contribution in [-0.4, -0.2) is 39.2 Å². The van der Waals surface area contributed by atoms with Crippen molar-refractivity contribution in [2.24, 2.45) is 16.6 Å². The zero-order valence-electron chi connectivity index (χ0n) is 15.0. The van der Waals surface area contributed by atoms with Crippen molar-refractivity contribution in [1.82, 2.24) is 5.32 Å². The summed E-state index contributed by atoms with van der Waals surface area (Å²) < 4.78 is 10.4. The minimum atomic E-state index is 0.105. The van der Waals surface area contributed by atoms with E-state index in [1.54, 1.807) is 26.4 Å². The van der Waals surface area contributed by atoms with Crippen LogP contribution in [0.2, 0.25) is 0 Å². The summed E-state index contributed by atoms with van der Waals surface area (Å²) in [5.74, 6) is 2.21. The van der Waals surface area contributed by atoms with E-state index >= 15 is 0 Å². The van der Waals surface area contributed by atoms with Crippen LogP contribution in [0, 0.1) is 5.92 Å². The topological polar surface area (TPSA) is 98.0 Å². The van der Waals surface area contributed by atoms with Crippen molar-refractivity contribution in [2.75, 3.05) is 32.6 Å². The molecule has 0 aliphatic heterocycles. The number of benzene rings is 1. The molecule has 0 unspecified atom stereocenters. The van der Waals surface area contributed by atoms with Gasteiger partial charge in [0.25, 0.3) is 0 Å². The highest BCUT2D eigenvalue weighted by Crippen LogP contribution is 2.29. The number of amides is 1. The summed E-state index contributed by atoms with van der Waals surface area (Å²) >= 11 is 0. The Morgan fingerprint density at radius 1 is 1.24 bits per heavy atom. The van der Waals surface area contributed by atoms with Gasteiger partial charge in [0, 0.05) is 24.7 Å². The van der Waals surface area contributed by atoms with Crippen LogP contribution in [0.25, 0.3) is 0 Å². The summed E-state index contributed by atoms with van der Waals surface area (Å²) in [5.41, 5.74) is 6.62. The average molecular weight is 348 g/mol. The summed E-state index contributed by atoms with van der Waals surface area (Å²) in [6.45, 7) is 0.919. The lowest BCUT2D eigenvalue weighted by atomic mass is 10.0. The molecule has 1 fully saturated rings. The number of nitrogens with zero attached hydrogens (tertiary/aromatic N) is 1. The van der Waals surface area contributed by atoms with Crippen LogP contribution < -0.4 is 25.8 Å². The number of methoxy groups -OCH3 is 2. The van der Waals surface area contributed by atoms with Crippen molar-refractivity contribution < 1.29 is 14.3 Å². The summed E-state index contributed by atoms with van der Waals surface area (Å²) in [7, 11) is 3.16. The molecular weight excluding hydrogens is 320 g/mol. The van der Waals surface area contributed by atoms with Crippen molar-refractivity contribution in [3.63, 3.8) is 0 Å². The number of guanidine groups is 1. The quantitative estimate of drug-likeness (QED) is 0.380. The van der Waals surface area contributed by atoms with E-state index in [9.17, 15) is 4.79 Å². The third-order valence-corrected chi connectivity index (χ3v) is 4.32. The number of carbonyl (C=O) groups is 1. The maximum Gasteiger partial charge on any atom is 0.220 e. The number of anilines is 1. The minimum absolute atomic E-state index is 0.105. The second kappa shape index (κ2) is 9.76. The van der Waals surface area contributed by atoms with Gasteiger partial charge in [0.05, 0.1) is 20.8 Å². The molecule has 1 aromatic rings. The number of rotatable bonds is 8. The Bertz CT molecular complexity index is 598. The first-order valence-corrected chi connectivity index (χ1v) is 8.68. The zero-order chi connectivity index (χ0) is 18.1. The van der Waals surface area contributed by atoms with Gasteiger partial charge in [-0.2, -0.15) is 0 Å². The molecule has 0 bridgehead atoms. The number of carbonyl (C=O) groups excluding carboxylic acids is 1. The number of nitrogens with two attached hydrogens (primary N) is 1. The second-order valence-corrected chi connectivity index (χ2v) is 6.17. The first kappa shape index (κ1) is 18.9. The second-order valence-electron chi connectivity index (χ2n) is 6.17. The predicted molar refractivity (Wildman–Crippen MR) is 99.2 cm³/mol. The molecule has 0 aromatic heterocycles. The van der Waals surface area contributed by atoms with Crippen LogP contribution in [0.15, 0.2) is 23.2 Å². The molecule has 1 aliphatic carbocycles. The maximum absolute atomic E-state index is 11.8. The Balaban J connectivity index is 1.73. The molecule has 7 nitrogen and oxygen atoms in total. The molecule has 4 N–H and O–H groups in total. The molecular formula is C18H28N4O3. The Labute approximate surface area is 149 Å². The normalized spacial score (nSPS) is 15.0. The third-order valence-electron chi connectivity index (χ3n) is 4.32. The highest BCUT2D eigenvalue weighted by molar-refractivity contribution is 5.92. The van der Waals surface area contributed by atoms with Crippen molar-refractivity contribution in [3.05, 3.63) is 18.2 Å². The lowest BCUT2D eigenvalue weighted by molar-refractivity contribution is -0.121. The smallest absolute Gasteiger partial charge is 0.220 e. The Hall–Kier alpha value is -2.44. The van der Waals surface area contributed by atoms with Crippen LogP contribution in [0.1, 0.15) is 32.1 Å². The number of hydrogen-bond donors (Lipinski definition) is 3. The Kier molecular flexibility index (Phi) is 7.37. The molecule has 7 heteroatoms. The van der Waals surface area contributed by atoms with Crippen molar-refractivity contribution in [1.29, 1.82) is 0 Å². The average Bonchev–Trinajstić information content (AvgIpc) is 3.11. The van der Waals surface area contributed by atoms with E-state index < -0.39 is 0 Å². The molecule has 0 radical (unpaired) electrons. The fourth-order valence-electron chi connectivity index (χ4n) is 3.02. The monoisotopic (exact) mass is 348 g/mol. The van der Waals surface area contributed by atoms with E-state index in [1.165, 1.54) is 25.7 Å². The molecule has 25 heavy (non-hydrogen) atoms. The van der Waals surface area contributed by atoms with Gasteiger partial charge >= 0.3 is 0 Å². The Morgan fingerprint density at radius 2 is 1.96 bits per heavy atom. The summed E-state index contributed by atoms with van der Waals surface area (Å²) in [6.07, 6.45) is 5.48.